The van der Waals surface area contributed by atoms with Gasteiger partial charge >= 0.3 is 0 Å². The zero-order chi connectivity index (χ0) is 12.8. The molecule has 0 aliphatic heterocycles. The Balaban J connectivity index is 0.00000289. The number of nitrogens with two attached hydrogens (primary N) is 2. The summed E-state index contributed by atoms with van der Waals surface area (Å²) in [4.78, 5) is 17.8. The Morgan fingerprint density at radius 3 is 2.28 bits per heavy atom. The molecule has 0 aliphatic rings. The van der Waals surface area contributed by atoms with E-state index in [4.69, 9.17) is 20.9 Å². The van der Waals surface area contributed by atoms with Crippen LogP contribution < -0.4 is 17.0 Å². The predicted molar refractivity (Wildman–Crippen MR) is 68.0 cm³/mol. The molecule has 0 aromatic carbocycles. The van der Waals surface area contributed by atoms with E-state index in [0.717, 1.165) is 0 Å². The summed E-state index contributed by atoms with van der Waals surface area (Å²) in [6.07, 6.45) is -0.255. The van der Waals surface area contributed by atoms with E-state index in [9.17, 15) is 4.79 Å². The fourth-order valence-electron chi connectivity index (χ4n) is 1.43. The maximum atomic E-state index is 11.6. The zero-order valence-electron chi connectivity index (χ0n) is 10.5. The molecule has 0 atom stereocenters. The number of nitrogens with one attached hydrogen (secondary N) is 1. The van der Waals surface area contributed by atoms with Crippen molar-refractivity contribution in [3.63, 3.8) is 0 Å². The minimum absolute atomic E-state index is 0. The maximum absolute atomic E-state index is 11.6. The smallest absolute Gasteiger partial charge is 0.257 e. The molecule has 8 nitrogen and oxygen atoms in total. The van der Waals surface area contributed by atoms with Gasteiger partial charge in [-0.25, -0.2) is 0 Å². The molecule has 0 bridgehead atoms. The van der Waals surface area contributed by atoms with E-state index in [-0.39, 0.29) is 29.2 Å². The average molecular weight is 260 g/mol. The zero-order valence-corrected chi connectivity index (χ0v) is 10.5. The minimum atomic E-state index is -0.501. The molecule has 0 radical (unpaired) electrons. The molecular weight excluding hydrogens is 240 g/mol. The molecule has 1 aromatic rings. The molecule has 0 fully saturated rings. The van der Waals surface area contributed by atoms with Crippen molar-refractivity contribution in [2.24, 2.45) is 0 Å². The van der Waals surface area contributed by atoms with E-state index < -0.39 is 6.29 Å². The van der Waals surface area contributed by atoms with Crippen LogP contribution in [0.4, 0.5) is 11.8 Å². The van der Waals surface area contributed by atoms with Crippen LogP contribution in [0, 0.1) is 0 Å². The van der Waals surface area contributed by atoms with E-state index in [1.165, 1.54) is 0 Å². The minimum Gasteiger partial charge on any atom is -0.412 e. The molecule has 0 saturated heterocycles. The molecule has 1 aromatic heterocycles. The van der Waals surface area contributed by atoms with Gasteiger partial charge in [0.05, 0.1) is 5.56 Å². The van der Waals surface area contributed by atoms with Crippen molar-refractivity contribution in [3.8, 4) is 0 Å². The fraction of sp³-hybridized carbons (Fsp3) is 0.600. The van der Waals surface area contributed by atoms with Gasteiger partial charge in [-0.1, -0.05) is 0 Å². The Kier molecular flexibility index (Phi) is 6.94. The number of nitrogens with zero attached hydrogens (tertiary/aromatic N) is 1. The van der Waals surface area contributed by atoms with Crippen LogP contribution in [-0.4, -0.2) is 34.9 Å². The monoisotopic (exact) mass is 260 g/mol. The highest BCUT2D eigenvalue weighted by molar-refractivity contribution is 5.41. The summed E-state index contributed by atoms with van der Waals surface area (Å²) in [5, 5.41) is 0. The van der Waals surface area contributed by atoms with Gasteiger partial charge in [0.15, 0.2) is 6.29 Å². The first-order chi connectivity index (χ1) is 8.08. The van der Waals surface area contributed by atoms with Crippen LogP contribution in [0.3, 0.4) is 0 Å². The molecule has 104 valence electrons. The largest absolute Gasteiger partial charge is 0.412 e. The normalized spacial score (nSPS) is 10.4. The van der Waals surface area contributed by atoms with Gasteiger partial charge in [-0.2, -0.15) is 4.98 Å². The average Bonchev–Trinajstić information content (AvgIpc) is 2.23. The van der Waals surface area contributed by atoms with Gasteiger partial charge in [-0.05, 0) is 13.8 Å². The number of rotatable bonds is 6. The summed E-state index contributed by atoms with van der Waals surface area (Å²) >= 11 is 0. The van der Waals surface area contributed by atoms with Gasteiger partial charge in [0, 0.05) is 19.6 Å². The second-order valence-corrected chi connectivity index (χ2v) is 3.36. The highest BCUT2D eigenvalue weighted by Crippen LogP contribution is 2.09. The number of anilines is 2. The maximum Gasteiger partial charge on any atom is 0.257 e. The van der Waals surface area contributed by atoms with E-state index >= 15 is 0 Å². The molecule has 7 N–H and O–H groups in total. The first kappa shape index (κ1) is 16.4. The molecule has 0 saturated carbocycles. The lowest BCUT2D eigenvalue weighted by Gasteiger charge is -2.16. The van der Waals surface area contributed by atoms with Crippen molar-refractivity contribution in [2.75, 3.05) is 24.7 Å². The van der Waals surface area contributed by atoms with Crippen molar-refractivity contribution < 1.29 is 14.9 Å². The molecular formula is C10H20N4O4. The Bertz CT molecular complexity index is 415. The highest BCUT2D eigenvalue weighted by atomic mass is 16.7. The molecule has 0 amide bonds. The Morgan fingerprint density at radius 1 is 1.28 bits per heavy atom. The number of hydrogen-bond acceptors (Lipinski definition) is 6. The van der Waals surface area contributed by atoms with Crippen molar-refractivity contribution in [2.45, 2.75) is 26.6 Å². The van der Waals surface area contributed by atoms with Gasteiger partial charge < -0.3 is 26.4 Å². The van der Waals surface area contributed by atoms with Gasteiger partial charge in [-0.15, -0.1) is 0 Å². The van der Waals surface area contributed by atoms with Crippen molar-refractivity contribution in [1.29, 1.82) is 0 Å². The fourth-order valence-corrected chi connectivity index (χ4v) is 1.43. The van der Waals surface area contributed by atoms with Gasteiger partial charge in [0.1, 0.15) is 5.82 Å². The predicted octanol–water partition coefficient (Wildman–Crippen LogP) is -0.949. The van der Waals surface area contributed by atoms with Crippen LogP contribution in [-0.2, 0) is 15.9 Å². The molecule has 1 heterocycles. The number of H-pyrrole nitrogens is 1. The van der Waals surface area contributed by atoms with Crippen LogP contribution in [0.1, 0.15) is 19.4 Å². The quantitative estimate of drug-likeness (QED) is 0.561. The number of hydrogen-bond donors (Lipinski definition) is 3. The Morgan fingerprint density at radius 2 is 1.83 bits per heavy atom. The summed E-state index contributed by atoms with van der Waals surface area (Å²) in [6, 6.07) is 0. The standard InChI is InChI=1S/C10H18N4O3.H2O/c1-3-16-7(17-4-2)5-6-8(11)13-10(12)14-9(6)15;/h7H,3-5H2,1-2H3,(H5,11,12,13,14,15);1H2. The third-order valence-corrected chi connectivity index (χ3v) is 2.14. The van der Waals surface area contributed by atoms with E-state index in [1.54, 1.807) is 0 Å². The lowest BCUT2D eigenvalue weighted by molar-refractivity contribution is -0.134. The summed E-state index contributed by atoms with van der Waals surface area (Å²) in [6.45, 7) is 4.68. The molecule has 0 unspecified atom stereocenters. The highest BCUT2D eigenvalue weighted by Gasteiger charge is 2.15. The third kappa shape index (κ3) is 4.32. The van der Waals surface area contributed by atoms with Crippen molar-refractivity contribution in [3.05, 3.63) is 15.9 Å². The third-order valence-electron chi connectivity index (χ3n) is 2.14. The van der Waals surface area contributed by atoms with Crippen LogP contribution in [0.2, 0.25) is 0 Å². The van der Waals surface area contributed by atoms with Gasteiger partial charge in [0.2, 0.25) is 5.95 Å². The number of aromatic nitrogens is 2. The van der Waals surface area contributed by atoms with Crippen LogP contribution in [0.15, 0.2) is 4.79 Å². The lowest BCUT2D eigenvalue weighted by atomic mass is 10.2. The Hall–Kier alpha value is -1.64. The molecule has 8 heteroatoms. The van der Waals surface area contributed by atoms with Crippen LogP contribution >= 0.6 is 0 Å². The van der Waals surface area contributed by atoms with E-state index in [0.29, 0.717) is 18.8 Å². The molecule has 18 heavy (non-hydrogen) atoms. The molecule has 0 aliphatic carbocycles. The Labute approximate surface area is 105 Å². The van der Waals surface area contributed by atoms with Crippen LogP contribution in [0.25, 0.3) is 0 Å². The van der Waals surface area contributed by atoms with Gasteiger partial charge in [-0.3, -0.25) is 9.78 Å². The molecule has 0 spiro atoms. The molecule has 1 rings (SSSR count). The first-order valence-electron chi connectivity index (χ1n) is 5.45. The van der Waals surface area contributed by atoms with Crippen molar-refractivity contribution >= 4 is 11.8 Å². The van der Waals surface area contributed by atoms with Crippen molar-refractivity contribution in [1.82, 2.24) is 9.97 Å². The summed E-state index contributed by atoms with van der Waals surface area (Å²) in [7, 11) is 0. The summed E-state index contributed by atoms with van der Waals surface area (Å²) in [5.74, 6) is 0.108. The number of ether oxygens (including phenoxy) is 2. The second-order valence-electron chi connectivity index (χ2n) is 3.36. The van der Waals surface area contributed by atoms with E-state index in [1.807, 2.05) is 13.8 Å². The first-order valence-corrected chi connectivity index (χ1v) is 5.45. The summed E-state index contributed by atoms with van der Waals surface area (Å²) < 4.78 is 10.7. The van der Waals surface area contributed by atoms with E-state index in [2.05, 4.69) is 9.97 Å². The van der Waals surface area contributed by atoms with Crippen LogP contribution in [0.5, 0.6) is 0 Å². The summed E-state index contributed by atoms with van der Waals surface area (Å²) in [5.41, 5.74) is 11.0. The number of aromatic amines is 1. The topological polar surface area (TPSA) is 148 Å². The number of nitrogen functional groups attached to an aromatic ring is 2. The van der Waals surface area contributed by atoms with Gasteiger partial charge in [0.25, 0.3) is 5.56 Å². The SMILES string of the molecule is CCOC(Cc1c(N)nc(N)[nH]c1=O)OCC.O. The lowest BCUT2D eigenvalue weighted by Crippen LogP contribution is -2.27. The second kappa shape index (κ2) is 7.64.